The van der Waals surface area contributed by atoms with Crippen LogP contribution < -0.4 is 0 Å². The van der Waals surface area contributed by atoms with Crippen molar-refractivity contribution in [3.8, 4) is 5.75 Å². The number of sulfonamides is 1. The van der Waals surface area contributed by atoms with E-state index in [1.54, 1.807) is 51.2 Å². The Morgan fingerprint density at radius 1 is 1.04 bits per heavy atom. The van der Waals surface area contributed by atoms with Gasteiger partial charge in [0, 0.05) is 32.2 Å². The third kappa shape index (κ3) is 4.42. The Hall–Kier alpha value is -2.38. The Morgan fingerprint density at radius 2 is 1.69 bits per heavy atom. The van der Waals surface area contributed by atoms with Crippen LogP contribution >= 0.6 is 0 Å². The van der Waals surface area contributed by atoms with Gasteiger partial charge in [-0.25, -0.2) is 8.42 Å². The van der Waals surface area contributed by atoms with Crippen molar-refractivity contribution >= 4 is 15.9 Å². The summed E-state index contributed by atoms with van der Waals surface area (Å²) >= 11 is 0. The molecule has 0 saturated carbocycles. The minimum absolute atomic E-state index is 0.109. The largest absolute Gasteiger partial charge is 0.508 e. The molecule has 0 unspecified atom stereocenters. The fraction of sp³-hybridized carbons (Fsp3) is 0.316. The van der Waals surface area contributed by atoms with Gasteiger partial charge in [0.1, 0.15) is 5.75 Å². The van der Waals surface area contributed by atoms with Crippen LogP contribution in [0.2, 0.25) is 0 Å². The molecule has 26 heavy (non-hydrogen) atoms. The first-order chi connectivity index (χ1) is 12.3. The van der Waals surface area contributed by atoms with Crippen molar-refractivity contribution in [2.24, 2.45) is 0 Å². The molecule has 2 aromatic carbocycles. The van der Waals surface area contributed by atoms with E-state index in [4.69, 9.17) is 0 Å². The van der Waals surface area contributed by atoms with Crippen LogP contribution in [-0.2, 0) is 16.6 Å². The van der Waals surface area contributed by atoms with E-state index in [0.29, 0.717) is 25.2 Å². The number of hydrogen-bond acceptors (Lipinski definition) is 4. The van der Waals surface area contributed by atoms with Gasteiger partial charge in [-0.1, -0.05) is 32.0 Å². The predicted molar refractivity (Wildman–Crippen MR) is 100 cm³/mol. The predicted octanol–water partition coefficient (Wildman–Crippen LogP) is 2.69. The SMILES string of the molecule is CCN(CC)S(=O)(=O)c1cccc(C(=O)N(C)Cc2cccc(O)c2)c1. The lowest BCUT2D eigenvalue weighted by atomic mass is 10.1. The van der Waals surface area contributed by atoms with Crippen molar-refractivity contribution in [1.29, 1.82) is 0 Å². The van der Waals surface area contributed by atoms with Crippen LogP contribution in [0.25, 0.3) is 0 Å². The molecule has 2 rings (SSSR count). The van der Waals surface area contributed by atoms with Crippen molar-refractivity contribution in [3.63, 3.8) is 0 Å². The van der Waals surface area contributed by atoms with Crippen LogP contribution in [0, 0.1) is 0 Å². The molecule has 0 spiro atoms. The molecule has 140 valence electrons. The number of phenolic OH excluding ortho intramolecular Hbond substituents is 1. The number of rotatable bonds is 7. The number of carbonyl (C=O) groups excluding carboxylic acids is 1. The number of hydrogen-bond donors (Lipinski definition) is 1. The first-order valence-corrected chi connectivity index (χ1v) is 9.87. The van der Waals surface area contributed by atoms with Gasteiger partial charge in [0.15, 0.2) is 0 Å². The molecule has 1 N–H and O–H groups in total. The van der Waals surface area contributed by atoms with Gasteiger partial charge in [0.05, 0.1) is 4.90 Å². The van der Waals surface area contributed by atoms with Crippen molar-refractivity contribution in [2.45, 2.75) is 25.3 Å². The van der Waals surface area contributed by atoms with Gasteiger partial charge < -0.3 is 10.0 Å². The van der Waals surface area contributed by atoms with Crippen molar-refractivity contribution in [1.82, 2.24) is 9.21 Å². The number of amides is 1. The van der Waals surface area contributed by atoms with Gasteiger partial charge in [-0.2, -0.15) is 4.31 Å². The number of phenols is 1. The van der Waals surface area contributed by atoms with E-state index < -0.39 is 10.0 Å². The number of aromatic hydroxyl groups is 1. The maximum absolute atomic E-state index is 12.7. The highest BCUT2D eigenvalue weighted by Gasteiger charge is 2.23. The van der Waals surface area contributed by atoms with Gasteiger partial charge in [-0.05, 0) is 35.9 Å². The average molecular weight is 376 g/mol. The normalized spacial score (nSPS) is 11.5. The molecular formula is C19H24N2O4S. The molecule has 0 aromatic heterocycles. The molecule has 0 aliphatic heterocycles. The molecule has 0 fully saturated rings. The lowest BCUT2D eigenvalue weighted by Gasteiger charge is -2.20. The van der Waals surface area contributed by atoms with E-state index >= 15 is 0 Å². The molecule has 0 aliphatic rings. The highest BCUT2D eigenvalue weighted by molar-refractivity contribution is 7.89. The van der Waals surface area contributed by atoms with Crippen LogP contribution in [0.3, 0.4) is 0 Å². The number of carbonyl (C=O) groups is 1. The second-order valence-electron chi connectivity index (χ2n) is 5.95. The second kappa shape index (κ2) is 8.33. The van der Waals surface area contributed by atoms with Gasteiger partial charge >= 0.3 is 0 Å². The molecule has 0 saturated heterocycles. The van der Waals surface area contributed by atoms with Crippen LogP contribution in [-0.4, -0.2) is 48.8 Å². The van der Waals surface area contributed by atoms with E-state index in [1.807, 2.05) is 6.07 Å². The van der Waals surface area contributed by atoms with Crippen LogP contribution in [0.4, 0.5) is 0 Å². The Bertz CT molecular complexity index is 877. The summed E-state index contributed by atoms with van der Waals surface area (Å²) < 4.78 is 26.6. The van der Waals surface area contributed by atoms with Crippen LogP contribution in [0.1, 0.15) is 29.8 Å². The standard InChI is InChI=1S/C19H24N2O4S/c1-4-21(5-2)26(24,25)18-11-7-9-16(13-18)19(23)20(3)14-15-8-6-10-17(22)12-15/h6-13,22H,4-5,14H2,1-3H3. The summed E-state index contributed by atoms with van der Waals surface area (Å²) in [5, 5.41) is 9.53. The molecule has 0 heterocycles. The molecule has 0 aliphatic carbocycles. The highest BCUT2D eigenvalue weighted by atomic mass is 32.2. The Labute approximate surface area is 154 Å². The minimum Gasteiger partial charge on any atom is -0.508 e. The fourth-order valence-corrected chi connectivity index (χ4v) is 4.23. The third-order valence-corrected chi connectivity index (χ3v) is 6.15. The molecule has 7 heteroatoms. The van der Waals surface area contributed by atoms with E-state index in [9.17, 15) is 18.3 Å². The molecule has 6 nitrogen and oxygen atoms in total. The quantitative estimate of drug-likeness (QED) is 0.806. The van der Waals surface area contributed by atoms with E-state index in [1.165, 1.54) is 21.3 Å². The lowest BCUT2D eigenvalue weighted by Crippen LogP contribution is -2.31. The maximum atomic E-state index is 12.7. The average Bonchev–Trinajstić information content (AvgIpc) is 2.62. The Balaban J connectivity index is 2.25. The molecule has 0 atom stereocenters. The topological polar surface area (TPSA) is 77.9 Å². The zero-order valence-corrected chi connectivity index (χ0v) is 16.0. The third-order valence-electron chi connectivity index (χ3n) is 4.10. The minimum atomic E-state index is -3.62. The number of benzene rings is 2. The van der Waals surface area contributed by atoms with Gasteiger partial charge in [-0.3, -0.25) is 4.79 Å². The summed E-state index contributed by atoms with van der Waals surface area (Å²) in [5.41, 5.74) is 1.09. The van der Waals surface area contributed by atoms with Gasteiger partial charge in [0.2, 0.25) is 10.0 Å². The molecule has 0 radical (unpaired) electrons. The smallest absolute Gasteiger partial charge is 0.253 e. The first-order valence-electron chi connectivity index (χ1n) is 8.43. The molecule has 0 bridgehead atoms. The van der Waals surface area contributed by atoms with Crippen molar-refractivity contribution in [3.05, 3.63) is 59.7 Å². The van der Waals surface area contributed by atoms with Gasteiger partial charge in [0.25, 0.3) is 5.91 Å². The van der Waals surface area contributed by atoms with E-state index in [2.05, 4.69) is 0 Å². The molecule has 1 amide bonds. The Kier molecular flexibility index (Phi) is 6.39. The van der Waals surface area contributed by atoms with Gasteiger partial charge in [-0.15, -0.1) is 0 Å². The lowest BCUT2D eigenvalue weighted by molar-refractivity contribution is 0.0784. The zero-order valence-electron chi connectivity index (χ0n) is 15.2. The summed E-state index contributed by atoms with van der Waals surface area (Å²) in [6.07, 6.45) is 0. The fourth-order valence-electron chi connectivity index (χ4n) is 2.72. The number of nitrogens with zero attached hydrogens (tertiary/aromatic N) is 2. The monoisotopic (exact) mass is 376 g/mol. The van der Waals surface area contributed by atoms with E-state index in [0.717, 1.165) is 5.56 Å². The summed E-state index contributed by atoms with van der Waals surface area (Å²) in [5.74, 6) is -0.152. The maximum Gasteiger partial charge on any atom is 0.253 e. The van der Waals surface area contributed by atoms with E-state index in [-0.39, 0.29) is 16.6 Å². The second-order valence-corrected chi connectivity index (χ2v) is 7.89. The highest BCUT2D eigenvalue weighted by Crippen LogP contribution is 2.19. The summed E-state index contributed by atoms with van der Waals surface area (Å²) in [7, 11) is -1.98. The first kappa shape index (κ1) is 19.9. The Morgan fingerprint density at radius 3 is 2.31 bits per heavy atom. The summed E-state index contributed by atoms with van der Waals surface area (Å²) in [6.45, 7) is 4.60. The summed E-state index contributed by atoms with van der Waals surface area (Å²) in [4.78, 5) is 14.3. The van der Waals surface area contributed by atoms with Crippen LogP contribution in [0.15, 0.2) is 53.4 Å². The molecule has 2 aromatic rings. The van der Waals surface area contributed by atoms with Crippen LogP contribution in [0.5, 0.6) is 5.75 Å². The van der Waals surface area contributed by atoms with Crippen molar-refractivity contribution in [2.75, 3.05) is 20.1 Å². The summed E-state index contributed by atoms with van der Waals surface area (Å²) in [6, 6.07) is 12.8. The van der Waals surface area contributed by atoms with Crippen molar-refractivity contribution < 1.29 is 18.3 Å². The molecular weight excluding hydrogens is 352 g/mol. The zero-order chi connectivity index (χ0) is 19.3.